The van der Waals surface area contributed by atoms with Crippen LogP contribution in [0.15, 0.2) is 0 Å². The molecule has 0 bridgehead atoms. The normalized spacial score (nSPS) is 9.64. The van der Waals surface area contributed by atoms with Gasteiger partial charge >= 0.3 is 0 Å². The lowest BCUT2D eigenvalue weighted by Gasteiger charge is -2.16. The molecule has 0 saturated heterocycles. The van der Waals surface area contributed by atoms with E-state index in [9.17, 15) is 0 Å². The molecule has 0 amide bonds. The molecule has 14 heavy (non-hydrogen) atoms. The van der Waals surface area contributed by atoms with E-state index in [1.165, 1.54) is 0 Å². The summed E-state index contributed by atoms with van der Waals surface area (Å²) in [6.07, 6.45) is 0. The van der Waals surface area contributed by atoms with Gasteiger partial charge in [-0.25, -0.2) is 4.98 Å². The first-order valence-corrected chi connectivity index (χ1v) is 4.39. The van der Waals surface area contributed by atoms with Crippen LogP contribution in [0.2, 0.25) is 5.02 Å². The molecule has 0 radical (unpaired) electrons. The average molecular weight is 211 g/mol. The highest BCUT2D eigenvalue weighted by Crippen LogP contribution is 2.29. The van der Waals surface area contributed by atoms with Gasteiger partial charge in [-0.1, -0.05) is 11.6 Å². The molecule has 5 heteroatoms. The number of pyridine rings is 1. The molecule has 74 valence electrons. The molecule has 0 unspecified atom stereocenters. The second kappa shape index (κ2) is 3.72. The maximum atomic E-state index is 8.95. The Hall–Kier alpha value is -1.47. The Morgan fingerprint density at radius 3 is 2.50 bits per heavy atom. The van der Waals surface area contributed by atoms with Crippen molar-refractivity contribution in [2.24, 2.45) is 0 Å². The van der Waals surface area contributed by atoms with Crippen LogP contribution in [-0.4, -0.2) is 19.1 Å². The zero-order chi connectivity index (χ0) is 10.9. The zero-order valence-corrected chi connectivity index (χ0v) is 9.05. The van der Waals surface area contributed by atoms with E-state index in [2.05, 4.69) is 11.1 Å². The van der Waals surface area contributed by atoms with Crippen LogP contribution in [0.3, 0.4) is 0 Å². The molecular formula is C9H11ClN4. The van der Waals surface area contributed by atoms with Crippen molar-refractivity contribution in [1.29, 1.82) is 5.26 Å². The van der Waals surface area contributed by atoms with Crippen molar-refractivity contribution in [1.82, 2.24) is 4.98 Å². The first-order valence-electron chi connectivity index (χ1n) is 4.02. The third kappa shape index (κ3) is 1.59. The highest BCUT2D eigenvalue weighted by molar-refractivity contribution is 6.33. The number of anilines is 2. The van der Waals surface area contributed by atoms with Crippen molar-refractivity contribution >= 4 is 23.2 Å². The molecule has 0 spiro atoms. The van der Waals surface area contributed by atoms with Crippen LogP contribution in [0.1, 0.15) is 11.1 Å². The molecule has 0 fully saturated rings. The first-order chi connectivity index (χ1) is 6.49. The molecule has 4 nitrogen and oxygen atoms in total. The maximum absolute atomic E-state index is 8.95. The molecule has 0 aromatic carbocycles. The van der Waals surface area contributed by atoms with Gasteiger partial charge in [0.15, 0.2) is 0 Å². The summed E-state index contributed by atoms with van der Waals surface area (Å²) >= 11 is 5.88. The largest absolute Gasteiger partial charge is 0.382 e. The topological polar surface area (TPSA) is 65.9 Å². The summed E-state index contributed by atoms with van der Waals surface area (Å²) < 4.78 is 0. The lowest BCUT2D eigenvalue weighted by Crippen LogP contribution is -2.14. The van der Waals surface area contributed by atoms with E-state index in [0.717, 1.165) is 0 Å². The van der Waals surface area contributed by atoms with E-state index in [1.54, 1.807) is 25.9 Å². The lowest BCUT2D eigenvalue weighted by atomic mass is 10.1. The molecule has 1 aromatic heterocycles. The van der Waals surface area contributed by atoms with Crippen molar-refractivity contribution in [2.75, 3.05) is 24.7 Å². The summed E-state index contributed by atoms with van der Waals surface area (Å²) in [6.45, 7) is 1.76. The fourth-order valence-electron chi connectivity index (χ4n) is 1.15. The molecule has 1 aromatic rings. The van der Waals surface area contributed by atoms with Gasteiger partial charge in [0.05, 0.1) is 10.6 Å². The van der Waals surface area contributed by atoms with Gasteiger partial charge in [0, 0.05) is 14.1 Å². The smallest absolute Gasteiger partial charge is 0.148 e. The summed E-state index contributed by atoms with van der Waals surface area (Å²) in [7, 11) is 3.60. The Morgan fingerprint density at radius 2 is 2.07 bits per heavy atom. The van der Waals surface area contributed by atoms with Crippen molar-refractivity contribution in [3.05, 3.63) is 16.1 Å². The average Bonchev–Trinajstić information content (AvgIpc) is 2.13. The quantitative estimate of drug-likeness (QED) is 0.764. The third-order valence-corrected chi connectivity index (χ3v) is 2.39. The summed E-state index contributed by atoms with van der Waals surface area (Å²) in [4.78, 5) is 5.79. The van der Waals surface area contributed by atoms with E-state index in [0.29, 0.717) is 22.0 Å². The Labute approximate surface area is 87.9 Å². The van der Waals surface area contributed by atoms with Gasteiger partial charge in [0.25, 0.3) is 0 Å². The minimum absolute atomic E-state index is 0.256. The highest BCUT2D eigenvalue weighted by atomic mass is 35.5. The second-order valence-electron chi connectivity index (χ2n) is 3.14. The maximum Gasteiger partial charge on any atom is 0.148 e. The molecule has 0 aliphatic rings. The lowest BCUT2D eigenvalue weighted by molar-refractivity contribution is 1.06. The van der Waals surface area contributed by atoms with Gasteiger partial charge in [-0.3, -0.25) is 0 Å². The van der Waals surface area contributed by atoms with E-state index >= 15 is 0 Å². The van der Waals surface area contributed by atoms with E-state index in [4.69, 9.17) is 22.6 Å². The number of nitriles is 1. The third-order valence-electron chi connectivity index (χ3n) is 1.91. The highest BCUT2D eigenvalue weighted by Gasteiger charge is 2.14. The second-order valence-corrected chi connectivity index (χ2v) is 3.52. The molecule has 1 rings (SSSR count). The van der Waals surface area contributed by atoms with Crippen LogP contribution in [0, 0.1) is 18.3 Å². The van der Waals surface area contributed by atoms with Crippen LogP contribution in [-0.2, 0) is 0 Å². The minimum atomic E-state index is 0.256. The molecule has 0 atom stereocenters. The number of nitrogens with zero attached hydrogens (tertiary/aromatic N) is 3. The van der Waals surface area contributed by atoms with Crippen LogP contribution in [0.25, 0.3) is 0 Å². The Morgan fingerprint density at radius 1 is 1.50 bits per heavy atom. The van der Waals surface area contributed by atoms with Crippen LogP contribution >= 0.6 is 11.6 Å². The SMILES string of the molecule is Cc1c(Cl)c(N)nc(N(C)C)c1C#N. The van der Waals surface area contributed by atoms with Gasteiger partial charge in [-0.15, -0.1) is 0 Å². The van der Waals surface area contributed by atoms with Gasteiger partial charge < -0.3 is 10.6 Å². The van der Waals surface area contributed by atoms with Crippen molar-refractivity contribution in [2.45, 2.75) is 6.92 Å². The number of nitrogens with two attached hydrogens (primary N) is 1. The number of halogens is 1. The number of aromatic nitrogens is 1. The fourth-order valence-corrected chi connectivity index (χ4v) is 1.28. The van der Waals surface area contributed by atoms with Crippen LogP contribution in [0.5, 0.6) is 0 Å². The van der Waals surface area contributed by atoms with E-state index < -0.39 is 0 Å². The standard InChI is InChI=1S/C9H11ClN4/c1-5-6(4-11)9(14(2)3)13-8(12)7(5)10/h1-3H3,(H2,12,13). The summed E-state index contributed by atoms with van der Waals surface area (Å²) in [5.41, 5.74) is 6.74. The van der Waals surface area contributed by atoms with Gasteiger partial charge in [-0.05, 0) is 12.5 Å². The minimum Gasteiger partial charge on any atom is -0.382 e. The molecule has 1 heterocycles. The Bertz CT molecular complexity index is 406. The predicted octanol–water partition coefficient (Wildman–Crippen LogP) is 1.56. The molecule has 2 N–H and O–H groups in total. The number of hydrogen-bond donors (Lipinski definition) is 1. The summed E-state index contributed by atoms with van der Waals surface area (Å²) in [5, 5.41) is 9.30. The summed E-state index contributed by atoms with van der Waals surface area (Å²) in [6, 6.07) is 2.07. The number of hydrogen-bond acceptors (Lipinski definition) is 4. The van der Waals surface area contributed by atoms with Gasteiger partial charge in [0.2, 0.25) is 0 Å². The summed E-state index contributed by atoms with van der Waals surface area (Å²) in [5.74, 6) is 0.804. The van der Waals surface area contributed by atoms with Crippen LogP contribution < -0.4 is 10.6 Å². The van der Waals surface area contributed by atoms with Crippen molar-refractivity contribution in [3.63, 3.8) is 0 Å². The monoisotopic (exact) mass is 210 g/mol. The zero-order valence-electron chi connectivity index (χ0n) is 8.30. The molecule has 0 aliphatic heterocycles. The fraction of sp³-hybridized carbons (Fsp3) is 0.333. The van der Waals surface area contributed by atoms with Gasteiger partial charge in [0.1, 0.15) is 17.7 Å². The Kier molecular flexibility index (Phi) is 2.82. The number of nitrogen functional groups attached to an aromatic ring is 1. The molecule has 0 saturated carbocycles. The number of rotatable bonds is 1. The van der Waals surface area contributed by atoms with Crippen LogP contribution in [0.4, 0.5) is 11.6 Å². The Balaban J connectivity index is 3.54. The van der Waals surface area contributed by atoms with Crippen molar-refractivity contribution < 1.29 is 0 Å². The molecular weight excluding hydrogens is 200 g/mol. The van der Waals surface area contributed by atoms with Gasteiger partial charge in [-0.2, -0.15) is 5.26 Å². The first kappa shape index (κ1) is 10.6. The van der Waals surface area contributed by atoms with E-state index in [1.807, 2.05) is 0 Å². The van der Waals surface area contributed by atoms with E-state index in [-0.39, 0.29) is 5.82 Å². The predicted molar refractivity (Wildman–Crippen MR) is 57.4 cm³/mol. The van der Waals surface area contributed by atoms with Crippen molar-refractivity contribution in [3.8, 4) is 6.07 Å². The molecule has 0 aliphatic carbocycles.